The molecule has 2 bridgehead atoms. The molecule has 3 saturated carbocycles. The Morgan fingerprint density at radius 2 is 1.75 bits per heavy atom. The number of hydrogen-bond donors (Lipinski definition) is 0. The fourth-order valence-corrected chi connectivity index (χ4v) is 6.73. The van der Waals surface area contributed by atoms with Gasteiger partial charge in [0.25, 0.3) is 0 Å². The fourth-order valence-electron chi connectivity index (χ4n) is 6.73. The van der Waals surface area contributed by atoms with Crippen molar-refractivity contribution in [1.29, 1.82) is 0 Å². The molecule has 28 heavy (non-hydrogen) atoms. The van der Waals surface area contributed by atoms with E-state index in [0.717, 1.165) is 41.7 Å². The van der Waals surface area contributed by atoms with Crippen LogP contribution in [0.4, 0.5) is 0 Å². The molecule has 0 N–H and O–H groups in total. The summed E-state index contributed by atoms with van der Waals surface area (Å²) in [6.45, 7) is 4.49. The zero-order valence-electron chi connectivity index (χ0n) is 17.2. The average molecular weight is 377 g/mol. The monoisotopic (exact) mass is 376 g/mol. The molecule has 148 valence electrons. The van der Waals surface area contributed by atoms with Crippen LogP contribution in [0.5, 0.6) is 5.75 Å². The van der Waals surface area contributed by atoms with Gasteiger partial charge < -0.3 is 4.74 Å². The summed E-state index contributed by atoms with van der Waals surface area (Å²) in [5.74, 6) is 4.44. The van der Waals surface area contributed by atoms with Crippen molar-refractivity contribution in [3.8, 4) is 5.75 Å². The quantitative estimate of drug-likeness (QED) is 0.437. The molecule has 2 aromatic carbocycles. The summed E-state index contributed by atoms with van der Waals surface area (Å²) < 4.78 is 6.07. The van der Waals surface area contributed by atoms with E-state index in [1.807, 2.05) is 12.1 Å². The van der Waals surface area contributed by atoms with Gasteiger partial charge in [-0.2, -0.15) is 0 Å². The van der Waals surface area contributed by atoms with Crippen molar-refractivity contribution in [3.63, 3.8) is 0 Å². The average Bonchev–Trinajstić information content (AvgIpc) is 3.33. The second-order valence-corrected chi connectivity index (χ2v) is 9.54. The van der Waals surface area contributed by atoms with Gasteiger partial charge in [0, 0.05) is 5.39 Å². The van der Waals surface area contributed by atoms with E-state index < -0.39 is 0 Å². The molecular formula is C26H32O2. The summed E-state index contributed by atoms with van der Waals surface area (Å²) in [6, 6.07) is 12.6. The number of esters is 1. The summed E-state index contributed by atoms with van der Waals surface area (Å²) in [5, 5.41) is 2.30. The predicted molar refractivity (Wildman–Crippen MR) is 113 cm³/mol. The van der Waals surface area contributed by atoms with Gasteiger partial charge in [-0.05, 0) is 78.7 Å². The number of carbonyl (C=O) groups is 1. The molecule has 0 amide bonds. The maximum atomic E-state index is 13.2. The molecule has 6 atom stereocenters. The van der Waals surface area contributed by atoms with Crippen LogP contribution in [0.2, 0.25) is 0 Å². The van der Waals surface area contributed by atoms with Gasteiger partial charge in [-0.25, -0.2) is 0 Å². The first-order chi connectivity index (χ1) is 13.7. The normalized spacial score (nSPS) is 32.3. The molecule has 0 aromatic heterocycles. The summed E-state index contributed by atoms with van der Waals surface area (Å²) in [7, 11) is 0. The first-order valence-electron chi connectivity index (χ1n) is 11.4. The lowest BCUT2D eigenvalue weighted by atomic mass is 9.67. The minimum absolute atomic E-state index is 0.0259. The Morgan fingerprint density at radius 3 is 2.54 bits per heavy atom. The van der Waals surface area contributed by atoms with Gasteiger partial charge in [-0.3, -0.25) is 4.79 Å². The molecule has 2 aromatic rings. The molecule has 0 heterocycles. The van der Waals surface area contributed by atoms with Crippen molar-refractivity contribution >= 4 is 16.7 Å². The summed E-state index contributed by atoms with van der Waals surface area (Å²) in [5.41, 5.74) is 1.35. The van der Waals surface area contributed by atoms with Gasteiger partial charge in [0.15, 0.2) is 0 Å². The number of benzene rings is 2. The third-order valence-corrected chi connectivity index (χ3v) is 8.25. The summed E-state index contributed by atoms with van der Waals surface area (Å²) >= 11 is 0. The Bertz CT molecular complexity index is 885. The van der Waals surface area contributed by atoms with Crippen LogP contribution in [0.25, 0.3) is 10.8 Å². The molecule has 3 aliphatic carbocycles. The molecular weight excluding hydrogens is 344 g/mol. The van der Waals surface area contributed by atoms with Crippen LogP contribution in [0, 0.1) is 29.6 Å². The molecule has 6 unspecified atom stereocenters. The largest absolute Gasteiger partial charge is 0.426 e. The van der Waals surface area contributed by atoms with Crippen LogP contribution >= 0.6 is 0 Å². The number of hydrogen-bond acceptors (Lipinski definition) is 2. The smallest absolute Gasteiger partial charge is 0.314 e. The van der Waals surface area contributed by atoms with Gasteiger partial charge in [-0.1, -0.05) is 57.0 Å². The van der Waals surface area contributed by atoms with E-state index in [9.17, 15) is 4.79 Å². The topological polar surface area (TPSA) is 26.3 Å². The lowest BCUT2D eigenvalue weighted by molar-refractivity contribution is -0.142. The van der Waals surface area contributed by atoms with E-state index >= 15 is 0 Å². The van der Waals surface area contributed by atoms with Gasteiger partial charge >= 0.3 is 5.97 Å². The number of carbonyl (C=O) groups excluding carboxylic acids is 1. The van der Waals surface area contributed by atoms with E-state index in [-0.39, 0.29) is 11.9 Å². The predicted octanol–water partition coefficient (Wildman–Crippen LogP) is 6.72. The van der Waals surface area contributed by atoms with Gasteiger partial charge in [0.2, 0.25) is 0 Å². The maximum absolute atomic E-state index is 13.2. The standard InChI is InChI=1S/C26H32O2/c1-3-16(2)18-12-13-25(22-11-7-6-9-20(18)22)28-26(27)24-15-17-14-23(24)21-10-5-4-8-19(17)21/h6-7,9,11-13,16-17,19,21,23-24H,3-5,8,10,14-15H2,1-2H3. The van der Waals surface area contributed by atoms with E-state index in [0.29, 0.717) is 11.8 Å². The van der Waals surface area contributed by atoms with Crippen molar-refractivity contribution in [2.24, 2.45) is 29.6 Å². The van der Waals surface area contributed by atoms with Crippen LogP contribution < -0.4 is 4.74 Å². The Labute approximate surface area is 168 Å². The van der Waals surface area contributed by atoms with Crippen molar-refractivity contribution < 1.29 is 9.53 Å². The van der Waals surface area contributed by atoms with Crippen molar-refractivity contribution in [3.05, 3.63) is 42.0 Å². The van der Waals surface area contributed by atoms with Crippen LogP contribution in [-0.4, -0.2) is 5.97 Å². The summed E-state index contributed by atoms with van der Waals surface area (Å²) in [6.07, 6.45) is 8.92. The SMILES string of the molecule is CCC(C)c1ccc(OC(=O)C2CC3CC2C2CCCCC32)c2ccccc12. The second-order valence-electron chi connectivity index (χ2n) is 9.54. The lowest BCUT2D eigenvalue weighted by Crippen LogP contribution is -2.35. The van der Waals surface area contributed by atoms with Crippen LogP contribution in [-0.2, 0) is 4.79 Å². The molecule has 0 aliphatic heterocycles. The molecule has 0 spiro atoms. The first kappa shape index (κ1) is 18.2. The Kier molecular flexibility index (Phi) is 4.69. The highest BCUT2D eigenvalue weighted by Crippen LogP contribution is 2.60. The van der Waals surface area contributed by atoms with E-state index in [2.05, 4.69) is 38.1 Å². The van der Waals surface area contributed by atoms with Crippen molar-refractivity contribution in [2.45, 2.75) is 64.7 Å². The molecule has 3 fully saturated rings. The molecule has 2 heteroatoms. The molecule has 5 rings (SSSR count). The van der Waals surface area contributed by atoms with E-state index in [1.165, 1.54) is 43.1 Å². The first-order valence-corrected chi connectivity index (χ1v) is 11.4. The molecule has 2 nitrogen and oxygen atoms in total. The molecule has 0 saturated heterocycles. The Balaban J connectivity index is 1.40. The minimum Gasteiger partial charge on any atom is -0.426 e. The molecule has 3 aliphatic rings. The maximum Gasteiger partial charge on any atom is 0.314 e. The van der Waals surface area contributed by atoms with Crippen molar-refractivity contribution in [1.82, 2.24) is 0 Å². The second kappa shape index (κ2) is 7.21. The highest BCUT2D eigenvalue weighted by molar-refractivity contribution is 5.93. The number of ether oxygens (including phenoxy) is 1. The highest BCUT2D eigenvalue weighted by Gasteiger charge is 2.55. The Morgan fingerprint density at radius 1 is 1.00 bits per heavy atom. The fraction of sp³-hybridized carbons (Fsp3) is 0.577. The zero-order chi connectivity index (χ0) is 19.3. The lowest BCUT2D eigenvalue weighted by Gasteiger charge is -2.38. The van der Waals surface area contributed by atoms with Gasteiger partial charge in [-0.15, -0.1) is 0 Å². The highest BCUT2D eigenvalue weighted by atomic mass is 16.5. The van der Waals surface area contributed by atoms with Gasteiger partial charge in [0.05, 0.1) is 5.92 Å². The Hall–Kier alpha value is -1.83. The minimum atomic E-state index is 0.0259. The van der Waals surface area contributed by atoms with Crippen LogP contribution in [0.3, 0.4) is 0 Å². The number of rotatable bonds is 4. The van der Waals surface area contributed by atoms with E-state index in [1.54, 1.807) is 0 Å². The number of fused-ring (bicyclic) bond motifs is 6. The van der Waals surface area contributed by atoms with Crippen LogP contribution in [0.1, 0.15) is 70.3 Å². The van der Waals surface area contributed by atoms with Crippen molar-refractivity contribution in [2.75, 3.05) is 0 Å². The molecule has 0 radical (unpaired) electrons. The third-order valence-electron chi connectivity index (χ3n) is 8.25. The summed E-state index contributed by atoms with van der Waals surface area (Å²) in [4.78, 5) is 13.2. The van der Waals surface area contributed by atoms with Gasteiger partial charge in [0.1, 0.15) is 5.75 Å². The zero-order valence-corrected chi connectivity index (χ0v) is 17.2. The third kappa shape index (κ3) is 2.88. The van der Waals surface area contributed by atoms with E-state index in [4.69, 9.17) is 4.74 Å². The van der Waals surface area contributed by atoms with Crippen LogP contribution in [0.15, 0.2) is 36.4 Å².